The van der Waals surface area contributed by atoms with Crippen LogP contribution in [0.5, 0.6) is 11.5 Å². The van der Waals surface area contributed by atoms with Crippen LogP contribution in [0.2, 0.25) is 0 Å². The molecule has 2 atom stereocenters. The normalized spacial score (nSPS) is 27.1. The molecule has 142 valence electrons. The summed E-state index contributed by atoms with van der Waals surface area (Å²) in [6, 6.07) is 6.29. The Morgan fingerprint density at radius 1 is 1.19 bits per heavy atom. The van der Waals surface area contributed by atoms with Gasteiger partial charge in [0.25, 0.3) is 0 Å². The van der Waals surface area contributed by atoms with E-state index >= 15 is 0 Å². The summed E-state index contributed by atoms with van der Waals surface area (Å²) in [6.45, 7) is 2.31. The highest BCUT2D eigenvalue weighted by molar-refractivity contribution is 5.79. The van der Waals surface area contributed by atoms with Gasteiger partial charge in [0.1, 0.15) is 0 Å². The molecule has 1 aromatic rings. The Morgan fingerprint density at radius 3 is 2.81 bits per heavy atom. The van der Waals surface area contributed by atoms with Crippen LogP contribution in [-0.2, 0) is 14.9 Å². The lowest BCUT2D eigenvalue weighted by Crippen LogP contribution is -2.47. The van der Waals surface area contributed by atoms with Crippen LogP contribution in [0.1, 0.15) is 44.1 Å². The molecule has 1 aromatic carbocycles. The van der Waals surface area contributed by atoms with E-state index < -0.39 is 0 Å². The molecule has 2 heterocycles. The Balaban J connectivity index is 1.49. The molecule has 1 aliphatic carbocycles. The van der Waals surface area contributed by atoms with Gasteiger partial charge in [0.05, 0.1) is 0 Å². The van der Waals surface area contributed by atoms with Crippen LogP contribution < -0.4 is 20.5 Å². The van der Waals surface area contributed by atoms with E-state index in [9.17, 15) is 4.79 Å². The fourth-order valence-corrected chi connectivity index (χ4v) is 4.42. The molecular formula is C20H28N2O4. The summed E-state index contributed by atoms with van der Waals surface area (Å²) in [4.78, 5) is 12.7. The molecule has 0 spiro atoms. The number of nitrogens with two attached hydrogens (primary N) is 1. The van der Waals surface area contributed by atoms with E-state index in [1.54, 1.807) is 0 Å². The van der Waals surface area contributed by atoms with Gasteiger partial charge >= 0.3 is 0 Å². The average molecular weight is 360 g/mol. The molecule has 4 rings (SSSR count). The summed E-state index contributed by atoms with van der Waals surface area (Å²) in [6.07, 6.45) is 5.59. The van der Waals surface area contributed by atoms with E-state index in [0.29, 0.717) is 19.8 Å². The van der Waals surface area contributed by atoms with Gasteiger partial charge in [-0.1, -0.05) is 12.5 Å². The molecule has 1 amide bonds. The Morgan fingerprint density at radius 2 is 2.00 bits per heavy atom. The Kier molecular flexibility index (Phi) is 5.05. The molecule has 1 saturated carbocycles. The maximum absolute atomic E-state index is 12.7. The second-order valence-corrected chi connectivity index (χ2v) is 7.80. The maximum atomic E-state index is 12.7. The second-order valence-electron chi connectivity index (χ2n) is 7.80. The predicted octanol–water partition coefficient (Wildman–Crippen LogP) is 2.10. The van der Waals surface area contributed by atoms with Crippen molar-refractivity contribution < 1.29 is 19.0 Å². The van der Waals surface area contributed by atoms with E-state index in [2.05, 4.69) is 17.4 Å². The van der Waals surface area contributed by atoms with Crippen LogP contribution >= 0.6 is 0 Å². The van der Waals surface area contributed by atoms with E-state index in [-0.39, 0.29) is 30.1 Å². The van der Waals surface area contributed by atoms with Crippen LogP contribution in [0.4, 0.5) is 0 Å². The standard InChI is InChI=1S/C20H28N2O4/c21-16-3-1-2-14(10-16)19(23)22-12-20(6-8-24-9-7-20)15-4-5-17-18(11-15)26-13-25-17/h4-5,11,14,16H,1-3,6-10,12-13,21H2,(H,22,23). The van der Waals surface area contributed by atoms with Crippen molar-refractivity contribution in [3.05, 3.63) is 23.8 Å². The molecule has 26 heavy (non-hydrogen) atoms. The highest BCUT2D eigenvalue weighted by atomic mass is 16.7. The minimum atomic E-state index is -0.119. The number of ether oxygens (including phenoxy) is 3. The largest absolute Gasteiger partial charge is 0.454 e. The van der Waals surface area contributed by atoms with Crippen molar-refractivity contribution in [1.82, 2.24) is 5.32 Å². The minimum absolute atomic E-state index is 0.0485. The van der Waals surface area contributed by atoms with Crippen LogP contribution in [0.3, 0.4) is 0 Å². The fourth-order valence-electron chi connectivity index (χ4n) is 4.42. The number of hydrogen-bond donors (Lipinski definition) is 2. The molecule has 3 aliphatic rings. The number of amides is 1. The van der Waals surface area contributed by atoms with Crippen LogP contribution in [0.25, 0.3) is 0 Å². The third kappa shape index (κ3) is 3.53. The summed E-state index contributed by atoms with van der Waals surface area (Å²) in [7, 11) is 0. The Hall–Kier alpha value is -1.79. The number of hydrogen-bond acceptors (Lipinski definition) is 5. The number of fused-ring (bicyclic) bond motifs is 1. The highest BCUT2D eigenvalue weighted by Crippen LogP contribution is 2.40. The Bertz CT molecular complexity index is 657. The van der Waals surface area contributed by atoms with Gasteiger partial charge in [-0.3, -0.25) is 4.79 Å². The second kappa shape index (κ2) is 7.45. The Labute approximate surface area is 154 Å². The maximum Gasteiger partial charge on any atom is 0.231 e. The van der Waals surface area contributed by atoms with Gasteiger partial charge in [0, 0.05) is 37.1 Å². The SMILES string of the molecule is NC1CCCC(C(=O)NCC2(c3ccc4c(c3)OCO4)CCOCC2)C1. The first kappa shape index (κ1) is 17.6. The number of benzene rings is 1. The van der Waals surface area contributed by atoms with E-state index in [1.165, 1.54) is 5.56 Å². The van der Waals surface area contributed by atoms with Crippen LogP contribution in [-0.4, -0.2) is 38.5 Å². The number of nitrogens with one attached hydrogen (secondary N) is 1. The lowest BCUT2D eigenvalue weighted by molar-refractivity contribution is -0.126. The average Bonchev–Trinajstić information content (AvgIpc) is 3.15. The molecule has 6 nitrogen and oxygen atoms in total. The van der Waals surface area contributed by atoms with Crippen molar-refractivity contribution in [2.75, 3.05) is 26.6 Å². The van der Waals surface area contributed by atoms with Crippen molar-refractivity contribution in [2.24, 2.45) is 11.7 Å². The van der Waals surface area contributed by atoms with Crippen molar-refractivity contribution in [2.45, 2.75) is 50.0 Å². The van der Waals surface area contributed by atoms with E-state index in [1.807, 2.05) is 6.07 Å². The first-order valence-corrected chi connectivity index (χ1v) is 9.67. The predicted molar refractivity (Wildman–Crippen MR) is 97.2 cm³/mol. The van der Waals surface area contributed by atoms with Crippen LogP contribution in [0.15, 0.2) is 18.2 Å². The minimum Gasteiger partial charge on any atom is -0.454 e. The van der Waals surface area contributed by atoms with Gasteiger partial charge in [-0.25, -0.2) is 0 Å². The number of rotatable bonds is 4. The zero-order chi connectivity index (χ0) is 18.0. The smallest absolute Gasteiger partial charge is 0.231 e. The zero-order valence-electron chi connectivity index (χ0n) is 15.2. The molecule has 0 aromatic heterocycles. The molecule has 0 radical (unpaired) electrons. The third-order valence-corrected chi connectivity index (χ3v) is 6.12. The van der Waals surface area contributed by atoms with E-state index in [0.717, 1.165) is 50.0 Å². The monoisotopic (exact) mass is 360 g/mol. The summed E-state index contributed by atoms with van der Waals surface area (Å²) < 4.78 is 16.6. The van der Waals surface area contributed by atoms with Crippen molar-refractivity contribution in [3.63, 3.8) is 0 Å². The van der Waals surface area contributed by atoms with Crippen molar-refractivity contribution in [3.8, 4) is 11.5 Å². The summed E-state index contributed by atoms with van der Waals surface area (Å²) in [5.74, 6) is 1.77. The summed E-state index contributed by atoms with van der Waals surface area (Å²) >= 11 is 0. The van der Waals surface area contributed by atoms with Gasteiger partial charge in [-0.05, 0) is 49.8 Å². The number of carbonyl (C=O) groups excluding carboxylic acids is 1. The quantitative estimate of drug-likeness (QED) is 0.859. The highest BCUT2D eigenvalue weighted by Gasteiger charge is 2.37. The van der Waals surface area contributed by atoms with Gasteiger partial charge in [0.15, 0.2) is 11.5 Å². The van der Waals surface area contributed by atoms with Crippen molar-refractivity contribution >= 4 is 5.91 Å². The summed E-state index contributed by atoms with van der Waals surface area (Å²) in [5.41, 5.74) is 7.12. The molecule has 0 bridgehead atoms. The lowest BCUT2D eigenvalue weighted by Gasteiger charge is -2.38. The van der Waals surface area contributed by atoms with Crippen LogP contribution in [0, 0.1) is 5.92 Å². The molecule has 2 fully saturated rings. The third-order valence-electron chi connectivity index (χ3n) is 6.12. The molecular weight excluding hydrogens is 332 g/mol. The van der Waals surface area contributed by atoms with Gasteiger partial charge in [-0.2, -0.15) is 0 Å². The fraction of sp³-hybridized carbons (Fsp3) is 0.650. The van der Waals surface area contributed by atoms with Gasteiger partial charge < -0.3 is 25.3 Å². The first-order valence-electron chi connectivity index (χ1n) is 9.67. The molecule has 3 N–H and O–H groups in total. The molecule has 1 saturated heterocycles. The number of carbonyl (C=O) groups is 1. The van der Waals surface area contributed by atoms with E-state index in [4.69, 9.17) is 19.9 Å². The first-order chi connectivity index (χ1) is 12.7. The van der Waals surface area contributed by atoms with Gasteiger partial charge in [-0.15, -0.1) is 0 Å². The topological polar surface area (TPSA) is 82.8 Å². The molecule has 2 aliphatic heterocycles. The van der Waals surface area contributed by atoms with Crippen molar-refractivity contribution in [1.29, 1.82) is 0 Å². The zero-order valence-corrected chi connectivity index (χ0v) is 15.2. The van der Waals surface area contributed by atoms with Gasteiger partial charge in [0.2, 0.25) is 12.7 Å². The lowest BCUT2D eigenvalue weighted by atomic mass is 9.73. The summed E-state index contributed by atoms with van der Waals surface area (Å²) in [5, 5.41) is 3.23. The molecule has 2 unspecified atom stereocenters. The molecule has 6 heteroatoms.